The monoisotopic (exact) mass is 200 g/mol. The number of rotatable bonds is 4. The van der Waals surface area contributed by atoms with Crippen LogP contribution in [0, 0.1) is 5.41 Å². The molecule has 0 spiro atoms. The molecule has 14 heavy (non-hydrogen) atoms. The minimum atomic E-state index is -0.194. The number of carbonyl (C=O) groups is 1. The van der Waals surface area contributed by atoms with Crippen LogP contribution in [0.5, 0.6) is 0 Å². The zero-order chi connectivity index (χ0) is 10.4. The van der Waals surface area contributed by atoms with Gasteiger partial charge >= 0.3 is 0 Å². The first-order valence-corrected chi connectivity index (χ1v) is 5.35. The number of hydrogen-bond acceptors (Lipinski definition) is 3. The van der Waals surface area contributed by atoms with Crippen molar-refractivity contribution >= 4 is 5.91 Å². The van der Waals surface area contributed by atoms with Crippen LogP contribution in [0.4, 0.5) is 0 Å². The van der Waals surface area contributed by atoms with E-state index >= 15 is 0 Å². The highest BCUT2D eigenvalue weighted by molar-refractivity contribution is 5.82. The maximum Gasteiger partial charge on any atom is 0.226 e. The van der Waals surface area contributed by atoms with E-state index in [4.69, 9.17) is 5.11 Å². The topological polar surface area (TPSA) is 61.4 Å². The molecule has 1 fully saturated rings. The molecule has 0 aromatic carbocycles. The van der Waals surface area contributed by atoms with E-state index in [0.717, 1.165) is 32.4 Å². The van der Waals surface area contributed by atoms with Crippen LogP contribution in [0.2, 0.25) is 0 Å². The third-order valence-electron chi connectivity index (χ3n) is 3.12. The largest absolute Gasteiger partial charge is 0.395 e. The Morgan fingerprint density at radius 2 is 2.14 bits per heavy atom. The Kier molecular flexibility index (Phi) is 4.35. The summed E-state index contributed by atoms with van der Waals surface area (Å²) in [5.74, 6) is 0.107. The van der Waals surface area contributed by atoms with Gasteiger partial charge in [0.2, 0.25) is 5.91 Å². The van der Waals surface area contributed by atoms with Crippen molar-refractivity contribution in [1.29, 1.82) is 0 Å². The van der Waals surface area contributed by atoms with Crippen LogP contribution >= 0.6 is 0 Å². The summed E-state index contributed by atoms with van der Waals surface area (Å²) in [6, 6.07) is 0. The molecule has 82 valence electrons. The average molecular weight is 200 g/mol. The summed E-state index contributed by atoms with van der Waals surface area (Å²) in [5.41, 5.74) is -0.194. The number of aliphatic hydroxyl groups is 1. The van der Waals surface area contributed by atoms with Crippen molar-refractivity contribution in [2.24, 2.45) is 5.41 Å². The standard InChI is InChI=1S/C10H20N2O2/c1-2-10(3-5-11-6-4-10)9(14)12-7-8-13/h11,13H,2-8H2,1H3,(H,12,14). The second-order valence-corrected chi connectivity index (χ2v) is 3.86. The summed E-state index contributed by atoms with van der Waals surface area (Å²) in [7, 11) is 0. The van der Waals surface area contributed by atoms with Crippen molar-refractivity contribution in [3.05, 3.63) is 0 Å². The maximum atomic E-state index is 11.9. The van der Waals surface area contributed by atoms with E-state index in [0.29, 0.717) is 6.54 Å². The minimum absolute atomic E-state index is 0.0176. The number of piperidine rings is 1. The van der Waals surface area contributed by atoms with Crippen molar-refractivity contribution in [2.45, 2.75) is 26.2 Å². The van der Waals surface area contributed by atoms with Gasteiger partial charge < -0.3 is 15.7 Å². The van der Waals surface area contributed by atoms with E-state index in [1.165, 1.54) is 0 Å². The first-order valence-electron chi connectivity index (χ1n) is 5.35. The van der Waals surface area contributed by atoms with Gasteiger partial charge in [0.05, 0.1) is 12.0 Å². The number of aliphatic hydroxyl groups excluding tert-OH is 1. The molecule has 0 saturated carbocycles. The molecule has 1 amide bonds. The molecular weight excluding hydrogens is 180 g/mol. The quantitative estimate of drug-likeness (QED) is 0.592. The molecule has 1 saturated heterocycles. The summed E-state index contributed by atoms with van der Waals surface area (Å²) in [4.78, 5) is 11.9. The van der Waals surface area contributed by atoms with Crippen molar-refractivity contribution in [1.82, 2.24) is 10.6 Å². The summed E-state index contributed by atoms with van der Waals surface area (Å²) >= 11 is 0. The summed E-state index contributed by atoms with van der Waals surface area (Å²) in [6.45, 7) is 4.28. The average Bonchev–Trinajstić information content (AvgIpc) is 2.26. The van der Waals surface area contributed by atoms with Crippen LogP contribution in [0.25, 0.3) is 0 Å². The van der Waals surface area contributed by atoms with Crippen molar-refractivity contribution < 1.29 is 9.90 Å². The molecular formula is C10H20N2O2. The minimum Gasteiger partial charge on any atom is -0.395 e. The van der Waals surface area contributed by atoms with Gasteiger partial charge in [0.25, 0.3) is 0 Å². The number of carbonyl (C=O) groups excluding carboxylic acids is 1. The highest BCUT2D eigenvalue weighted by Crippen LogP contribution is 2.32. The Morgan fingerprint density at radius 1 is 1.50 bits per heavy atom. The Balaban J connectivity index is 2.53. The van der Waals surface area contributed by atoms with Gasteiger partial charge in [-0.2, -0.15) is 0 Å². The predicted octanol–water partition coefficient (Wildman–Crippen LogP) is -0.125. The van der Waals surface area contributed by atoms with Gasteiger partial charge in [-0.1, -0.05) is 6.92 Å². The van der Waals surface area contributed by atoms with Crippen LogP contribution < -0.4 is 10.6 Å². The van der Waals surface area contributed by atoms with E-state index in [2.05, 4.69) is 17.6 Å². The smallest absolute Gasteiger partial charge is 0.226 e. The van der Waals surface area contributed by atoms with Gasteiger partial charge in [0, 0.05) is 6.54 Å². The highest BCUT2D eigenvalue weighted by atomic mass is 16.3. The fraction of sp³-hybridized carbons (Fsp3) is 0.900. The van der Waals surface area contributed by atoms with E-state index in [9.17, 15) is 4.79 Å². The Labute approximate surface area is 85.1 Å². The van der Waals surface area contributed by atoms with Gasteiger partial charge in [-0.3, -0.25) is 4.79 Å². The molecule has 0 unspecified atom stereocenters. The van der Waals surface area contributed by atoms with Gasteiger partial charge in [0.15, 0.2) is 0 Å². The molecule has 1 rings (SSSR count). The summed E-state index contributed by atoms with van der Waals surface area (Å²) in [6.07, 6.45) is 2.69. The van der Waals surface area contributed by atoms with Crippen LogP contribution in [0.15, 0.2) is 0 Å². The first kappa shape index (κ1) is 11.5. The molecule has 1 heterocycles. The van der Waals surface area contributed by atoms with Crippen LogP contribution in [0.1, 0.15) is 26.2 Å². The fourth-order valence-corrected chi connectivity index (χ4v) is 2.00. The molecule has 4 heteroatoms. The summed E-state index contributed by atoms with van der Waals surface area (Å²) < 4.78 is 0. The number of nitrogens with one attached hydrogen (secondary N) is 2. The molecule has 0 aliphatic carbocycles. The molecule has 0 bridgehead atoms. The molecule has 0 radical (unpaired) electrons. The first-order chi connectivity index (χ1) is 6.75. The SMILES string of the molecule is CCC1(C(=O)NCCO)CCNCC1. The van der Waals surface area contributed by atoms with Gasteiger partial charge in [-0.05, 0) is 32.4 Å². The van der Waals surface area contributed by atoms with Crippen molar-refractivity contribution in [3.63, 3.8) is 0 Å². The lowest BCUT2D eigenvalue weighted by molar-refractivity contribution is -0.133. The Hall–Kier alpha value is -0.610. The zero-order valence-corrected chi connectivity index (χ0v) is 8.81. The van der Waals surface area contributed by atoms with E-state index in [-0.39, 0.29) is 17.9 Å². The molecule has 4 nitrogen and oxygen atoms in total. The van der Waals surface area contributed by atoms with E-state index in [1.807, 2.05) is 0 Å². The Bertz CT molecular complexity index is 189. The predicted molar refractivity (Wildman–Crippen MR) is 54.9 cm³/mol. The van der Waals surface area contributed by atoms with Crippen molar-refractivity contribution in [2.75, 3.05) is 26.2 Å². The third-order valence-corrected chi connectivity index (χ3v) is 3.12. The van der Waals surface area contributed by atoms with Crippen LogP contribution in [-0.4, -0.2) is 37.3 Å². The molecule has 1 aliphatic rings. The van der Waals surface area contributed by atoms with Gasteiger partial charge in [0.1, 0.15) is 0 Å². The molecule has 0 atom stereocenters. The molecule has 0 aromatic rings. The highest BCUT2D eigenvalue weighted by Gasteiger charge is 2.37. The fourth-order valence-electron chi connectivity index (χ4n) is 2.00. The van der Waals surface area contributed by atoms with E-state index < -0.39 is 0 Å². The number of hydrogen-bond donors (Lipinski definition) is 3. The second kappa shape index (κ2) is 5.32. The normalized spacial score (nSPS) is 20.4. The van der Waals surface area contributed by atoms with Gasteiger partial charge in [-0.25, -0.2) is 0 Å². The van der Waals surface area contributed by atoms with Crippen LogP contribution in [0.3, 0.4) is 0 Å². The maximum absolute atomic E-state index is 11.9. The Morgan fingerprint density at radius 3 is 2.64 bits per heavy atom. The molecule has 3 N–H and O–H groups in total. The zero-order valence-electron chi connectivity index (χ0n) is 8.81. The lowest BCUT2D eigenvalue weighted by atomic mass is 9.76. The summed E-state index contributed by atoms with van der Waals surface area (Å²) in [5, 5.41) is 14.7. The van der Waals surface area contributed by atoms with Gasteiger partial charge in [-0.15, -0.1) is 0 Å². The molecule has 1 aliphatic heterocycles. The lowest BCUT2D eigenvalue weighted by Gasteiger charge is -2.35. The third kappa shape index (κ3) is 2.45. The lowest BCUT2D eigenvalue weighted by Crippen LogP contribution is -2.47. The molecule has 0 aromatic heterocycles. The van der Waals surface area contributed by atoms with Crippen LogP contribution in [-0.2, 0) is 4.79 Å². The van der Waals surface area contributed by atoms with Crippen molar-refractivity contribution in [3.8, 4) is 0 Å². The second-order valence-electron chi connectivity index (χ2n) is 3.86. The number of amides is 1. The van der Waals surface area contributed by atoms with E-state index in [1.54, 1.807) is 0 Å².